The average molecular weight is 362 g/mol. The van der Waals surface area contributed by atoms with Gasteiger partial charge in [-0.15, -0.1) is 0 Å². The molecule has 3 rings (SSSR count). The fraction of sp³-hybridized carbons (Fsp3) is 0.684. The molecule has 3 heterocycles. The molecular formula is C19H30N4O3. The van der Waals surface area contributed by atoms with Gasteiger partial charge in [0.1, 0.15) is 11.9 Å². The molecule has 0 bridgehead atoms. The minimum absolute atomic E-state index is 0.148. The number of furan rings is 1. The van der Waals surface area contributed by atoms with Gasteiger partial charge in [0.25, 0.3) is 5.91 Å². The number of amides is 1. The number of nitrogens with zero attached hydrogens (tertiary/aromatic N) is 3. The van der Waals surface area contributed by atoms with Gasteiger partial charge in [-0.3, -0.25) is 9.79 Å². The van der Waals surface area contributed by atoms with Gasteiger partial charge in [-0.2, -0.15) is 0 Å². The van der Waals surface area contributed by atoms with Crippen LogP contribution in [-0.2, 0) is 16.0 Å². The zero-order valence-electron chi connectivity index (χ0n) is 15.8. The third-order valence-electron chi connectivity index (χ3n) is 4.71. The highest BCUT2D eigenvalue weighted by Gasteiger charge is 2.31. The first kappa shape index (κ1) is 18.8. The monoisotopic (exact) mass is 362 g/mol. The second-order valence-corrected chi connectivity index (χ2v) is 7.15. The second-order valence-electron chi connectivity index (χ2n) is 7.15. The smallest absolute Gasteiger partial charge is 0.251 e. The van der Waals surface area contributed by atoms with Crippen molar-refractivity contribution in [2.75, 3.05) is 39.3 Å². The summed E-state index contributed by atoms with van der Waals surface area (Å²) < 4.78 is 10.9. The minimum atomic E-state index is -0.225. The molecule has 1 aromatic rings. The summed E-state index contributed by atoms with van der Waals surface area (Å²) in [7, 11) is 0. The lowest BCUT2D eigenvalue weighted by Gasteiger charge is -2.37. The fourth-order valence-corrected chi connectivity index (χ4v) is 3.34. The summed E-state index contributed by atoms with van der Waals surface area (Å²) in [6.45, 7) is 8.62. The van der Waals surface area contributed by atoms with Crippen molar-refractivity contribution < 1.29 is 13.9 Å². The molecule has 2 aliphatic rings. The van der Waals surface area contributed by atoms with E-state index in [-0.39, 0.29) is 12.0 Å². The fourth-order valence-electron chi connectivity index (χ4n) is 3.34. The van der Waals surface area contributed by atoms with Crippen LogP contribution in [0.15, 0.2) is 27.8 Å². The van der Waals surface area contributed by atoms with Crippen LogP contribution in [0.5, 0.6) is 0 Å². The van der Waals surface area contributed by atoms with E-state index in [9.17, 15) is 4.79 Å². The molecule has 26 heavy (non-hydrogen) atoms. The van der Waals surface area contributed by atoms with Gasteiger partial charge in [-0.25, -0.2) is 0 Å². The van der Waals surface area contributed by atoms with Crippen LogP contribution in [0, 0.1) is 0 Å². The zero-order chi connectivity index (χ0) is 18.4. The van der Waals surface area contributed by atoms with Crippen molar-refractivity contribution in [2.45, 2.75) is 45.3 Å². The molecule has 1 atom stereocenters. The normalized spacial score (nSPS) is 21.5. The van der Waals surface area contributed by atoms with E-state index in [0.717, 1.165) is 57.2 Å². The van der Waals surface area contributed by atoms with E-state index in [0.29, 0.717) is 19.2 Å². The lowest BCUT2D eigenvalue weighted by molar-refractivity contribution is -0.142. The first-order valence-corrected chi connectivity index (χ1v) is 9.62. The van der Waals surface area contributed by atoms with E-state index in [1.165, 1.54) is 0 Å². The summed E-state index contributed by atoms with van der Waals surface area (Å²) in [6, 6.07) is 4.18. The number of carbonyl (C=O) groups is 1. The van der Waals surface area contributed by atoms with Crippen molar-refractivity contribution in [1.82, 2.24) is 15.1 Å². The Bertz CT molecular complexity index is 586. The Labute approximate surface area is 155 Å². The van der Waals surface area contributed by atoms with E-state index in [1.54, 1.807) is 6.26 Å². The number of piperazine rings is 1. The maximum absolute atomic E-state index is 12.5. The number of hydrogen-bond donors (Lipinski definition) is 1. The number of hydrogen-bond acceptors (Lipinski definition) is 4. The quantitative estimate of drug-likeness (QED) is 0.635. The first-order valence-electron chi connectivity index (χ1n) is 9.62. The van der Waals surface area contributed by atoms with E-state index in [1.807, 2.05) is 17.0 Å². The van der Waals surface area contributed by atoms with Gasteiger partial charge in [0.15, 0.2) is 5.96 Å². The van der Waals surface area contributed by atoms with Crippen LogP contribution in [0.3, 0.4) is 0 Å². The van der Waals surface area contributed by atoms with Gasteiger partial charge < -0.3 is 24.3 Å². The molecule has 2 fully saturated rings. The number of ether oxygens (including phenoxy) is 1. The van der Waals surface area contributed by atoms with E-state index in [4.69, 9.17) is 14.1 Å². The number of aliphatic imine (C=N–C) groups is 1. The van der Waals surface area contributed by atoms with Crippen molar-refractivity contribution in [3.05, 3.63) is 24.2 Å². The van der Waals surface area contributed by atoms with Gasteiger partial charge >= 0.3 is 0 Å². The third-order valence-corrected chi connectivity index (χ3v) is 4.71. The van der Waals surface area contributed by atoms with Gasteiger partial charge in [0, 0.05) is 51.8 Å². The van der Waals surface area contributed by atoms with Crippen LogP contribution in [0.2, 0.25) is 0 Å². The molecular weight excluding hydrogens is 332 g/mol. The predicted octanol–water partition coefficient (Wildman–Crippen LogP) is 1.50. The average Bonchev–Trinajstić information content (AvgIpc) is 3.34. The van der Waals surface area contributed by atoms with E-state index >= 15 is 0 Å². The summed E-state index contributed by atoms with van der Waals surface area (Å²) in [4.78, 5) is 21.4. The Hall–Kier alpha value is -2.02. The Balaban J connectivity index is 1.53. The Kier molecular flexibility index (Phi) is 6.55. The lowest BCUT2D eigenvalue weighted by atomic mass is 10.2. The SMILES string of the molecule is CC(C)NC(=NCCc1ccco1)N1CCN(C(=O)C2CCCO2)CC1. The number of carbonyl (C=O) groups excluding carboxylic acids is 1. The number of nitrogens with one attached hydrogen (secondary N) is 1. The van der Waals surface area contributed by atoms with Crippen molar-refractivity contribution >= 4 is 11.9 Å². The highest BCUT2D eigenvalue weighted by molar-refractivity contribution is 5.83. The number of guanidine groups is 1. The maximum atomic E-state index is 12.5. The van der Waals surface area contributed by atoms with Crippen molar-refractivity contribution in [3.8, 4) is 0 Å². The molecule has 1 N–H and O–H groups in total. The summed E-state index contributed by atoms with van der Waals surface area (Å²) >= 11 is 0. The van der Waals surface area contributed by atoms with Crippen LogP contribution in [0.1, 0.15) is 32.4 Å². The molecule has 0 radical (unpaired) electrons. The van der Waals surface area contributed by atoms with Gasteiger partial charge in [-0.1, -0.05) is 0 Å². The van der Waals surface area contributed by atoms with Crippen LogP contribution in [0.4, 0.5) is 0 Å². The molecule has 7 heteroatoms. The molecule has 0 aliphatic carbocycles. The maximum Gasteiger partial charge on any atom is 0.251 e. The predicted molar refractivity (Wildman–Crippen MR) is 100 cm³/mol. The molecule has 2 saturated heterocycles. The van der Waals surface area contributed by atoms with Gasteiger partial charge in [-0.05, 0) is 38.8 Å². The molecule has 1 aromatic heterocycles. The summed E-state index contributed by atoms with van der Waals surface area (Å²) in [5, 5.41) is 3.45. The third kappa shape index (κ3) is 5.00. The van der Waals surface area contributed by atoms with Crippen molar-refractivity contribution in [1.29, 1.82) is 0 Å². The van der Waals surface area contributed by atoms with Gasteiger partial charge in [0.05, 0.1) is 6.26 Å². The van der Waals surface area contributed by atoms with Crippen molar-refractivity contribution in [3.63, 3.8) is 0 Å². The second kappa shape index (κ2) is 9.07. The topological polar surface area (TPSA) is 70.3 Å². The summed E-state index contributed by atoms with van der Waals surface area (Å²) in [5.41, 5.74) is 0. The molecule has 1 unspecified atom stereocenters. The number of rotatable bonds is 5. The van der Waals surface area contributed by atoms with E-state index in [2.05, 4.69) is 24.1 Å². The Morgan fingerprint density at radius 1 is 1.31 bits per heavy atom. The summed E-state index contributed by atoms with van der Waals surface area (Å²) in [5.74, 6) is 2.01. The summed E-state index contributed by atoms with van der Waals surface area (Å²) in [6.07, 6.45) is 4.09. The first-order chi connectivity index (χ1) is 12.6. The minimum Gasteiger partial charge on any atom is -0.469 e. The standard InChI is InChI=1S/C19H30N4O3/c1-15(2)21-19(20-8-7-16-5-3-13-25-16)23-11-9-22(10-12-23)18(24)17-6-4-14-26-17/h3,5,13,15,17H,4,6-12,14H2,1-2H3,(H,20,21). The molecule has 144 valence electrons. The van der Waals surface area contributed by atoms with Crippen molar-refractivity contribution in [2.24, 2.45) is 4.99 Å². The highest BCUT2D eigenvalue weighted by atomic mass is 16.5. The Morgan fingerprint density at radius 3 is 2.69 bits per heavy atom. The van der Waals surface area contributed by atoms with Crippen LogP contribution in [0.25, 0.3) is 0 Å². The molecule has 0 spiro atoms. The lowest BCUT2D eigenvalue weighted by Crippen LogP contribution is -2.56. The molecule has 7 nitrogen and oxygen atoms in total. The van der Waals surface area contributed by atoms with Crippen LogP contribution in [-0.4, -0.2) is 73.1 Å². The largest absolute Gasteiger partial charge is 0.469 e. The Morgan fingerprint density at radius 2 is 2.08 bits per heavy atom. The van der Waals surface area contributed by atoms with Crippen LogP contribution >= 0.6 is 0 Å². The van der Waals surface area contributed by atoms with E-state index < -0.39 is 0 Å². The highest BCUT2D eigenvalue weighted by Crippen LogP contribution is 2.16. The molecule has 0 aromatic carbocycles. The molecule has 0 saturated carbocycles. The van der Waals surface area contributed by atoms with Gasteiger partial charge in [0.2, 0.25) is 0 Å². The van der Waals surface area contributed by atoms with Crippen LogP contribution < -0.4 is 5.32 Å². The molecule has 2 aliphatic heterocycles. The molecule has 1 amide bonds. The zero-order valence-corrected chi connectivity index (χ0v) is 15.8.